The van der Waals surface area contributed by atoms with E-state index in [2.05, 4.69) is 20.8 Å². The smallest absolute Gasteiger partial charge is 0.315 e. The molecule has 0 aliphatic heterocycles. The second-order valence-electron chi connectivity index (χ2n) is 5.12. The summed E-state index contributed by atoms with van der Waals surface area (Å²) in [6, 6.07) is -0.183. The molecule has 3 N–H and O–H groups in total. The molecule has 1 heterocycles. The zero-order valence-corrected chi connectivity index (χ0v) is 12.3. The first-order chi connectivity index (χ1) is 9.52. The maximum absolute atomic E-state index is 11.6. The first kappa shape index (κ1) is 16.4. The molecule has 0 saturated carbocycles. The topological polar surface area (TPSA) is 100 Å². The highest BCUT2D eigenvalue weighted by atomic mass is 16.5. The Balaban J connectivity index is 2.20. The molecule has 7 heteroatoms. The Morgan fingerprint density at radius 2 is 2.15 bits per heavy atom. The third-order valence-electron chi connectivity index (χ3n) is 2.80. The number of urea groups is 1. The summed E-state index contributed by atoms with van der Waals surface area (Å²) < 4.78 is 5.08. The Labute approximate surface area is 119 Å². The number of hydrogen-bond donors (Lipinski definition) is 3. The van der Waals surface area contributed by atoms with Gasteiger partial charge in [0.2, 0.25) is 5.89 Å². The Morgan fingerprint density at radius 3 is 2.75 bits per heavy atom. The minimum atomic E-state index is -0.223. The van der Waals surface area contributed by atoms with Gasteiger partial charge in [-0.2, -0.15) is 4.98 Å². The summed E-state index contributed by atoms with van der Waals surface area (Å²) in [6.45, 7) is 6.48. The standard InChI is InChI=1S/C13H24N4O3/c1-9(2)12-16-11(20-17-12)6-7-14-13(19)15-10(3)5-4-8-18/h9-10,18H,4-8H2,1-3H3,(H2,14,15,19). The molecule has 1 rings (SSSR count). The fraction of sp³-hybridized carbons (Fsp3) is 0.769. The van der Waals surface area contributed by atoms with Crippen molar-refractivity contribution >= 4 is 6.03 Å². The highest BCUT2D eigenvalue weighted by Gasteiger charge is 2.10. The van der Waals surface area contributed by atoms with Gasteiger partial charge in [-0.3, -0.25) is 0 Å². The van der Waals surface area contributed by atoms with Crippen LogP contribution in [-0.2, 0) is 6.42 Å². The average Bonchev–Trinajstić information content (AvgIpc) is 2.85. The third kappa shape index (κ3) is 6.01. The number of aliphatic hydroxyl groups is 1. The summed E-state index contributed by atoms with van der Waals surface area (Å²) in [5.41, 5.74) is 0. The number of nitrogens with one attached hydrogen (secondary N) is 2. The van der Waals surface area contributed by atoms with E-state index in [0.717, 1.165) is 6.42 Å². The van der Waals surface area contributed by atoms with E-state index >= 15 is 0 Å². The summed E-state index contributed by atoms with van der Waals surface area (Å²) in [4.78, 5) is 15.8. The van der Waals surface area contributed by atoms with Gasteiger partial charge < -0.3 is 20.3 Å². The van der Waals surface area contributed by atoms with E-state index in [1.807, 2.05) is 20.8 Å². The van der Waals surface area contributed by atoms with E-state index in [1.165, 1.54) is 0 Å². The highest BCUT2D eigenvalue weighted by Crippen LogP contribution is 2.09. The molecule has 1 unspecified atom stereocenters. The number of nitrogens with zero attached hydrogens (tertiary/aromatic N) is 2. The van der Waals surface area contributed by atoms with Gasteiger partial charge in [0.05, 0.1) is 0 Å². The van der Waals surface area contributed by atoms with Crippen LogP contribution in [0.3, 0.4) is 0 Å². The van der Waals surface area contributed by atoms with Gasteiger partial charge >= 0.3 is 6.03 Å². The molecule has 0 aliphatic rings. The quantitative estimate of drug-likeness (QED) is 0.666. The molecule has 0 radical (unpaired) electrons. The van der Waals surface area contributed by atoms with Crippen LogP contribution >= 0.6 is 0 Å². The van der Waals surface area contributed by atoms with Crippen molar-refractivity contribution in [2.24, 2.45) is 0 Å². The van der Waals surface area contributed by atoms with Crippen LogP contribution in [0, 0.1) is 0 Å². The van der Waals surface area contributed by atoms with Crippen LogP contribution in [0.4, 0.5) is 4.79 Å². The van der Waals surface area contributed by atoms with Gasteiger partial charge in [-0.1, -0.05) is 19.0 Å². The second-order valence-corrected chi connectivity index (χ2v) is 5.12. The van der Waals surface area contributed by atoms with E-state index in [-0.39, 0.29) is 24.6 Å². The van der Waals surface area contributed by atoms with Gasteiger partial charge in [0.1, 0.15) is 0 Å². The van der Waals surface area contributed by atoms with Crippen molar-refractivity contribution in [1.82, 2.24) is 20.8 Å². The lowest BCUT2D eigenvalue weighted by atomic mass is 10.2. The van der Waals surface area contributed by atoms with Crippen LogP contribution in [0.2, 0.25) is 0 Å². The molecule has 20 heavy (non-hydrogen) atoms. The number of aliphatic hydroxyl groups excluding tert-OH is 1. The lowest BCUT2D eigenvalue weighted by Gasteiger charge is -2.13. The zero-order chi connectivity index (χ0) is 15.0. The van der Waals surface area contributed by atoms with Crippen molar-refractivity contribution in [3.8, 4) is 0 Å². The zero-order valence-electron chi connectivity index (χ0n) is 12.3. The van der Waals surface area contributed by atoms with Gasteiger partial charge in [0.25, 0.3) is 0 Å². The van der Waals surface area contributed by atoms with Gasteiger partial charge in [-0.15, -0.1) is 0 Å². The lowest BCUT2D eigenvalue weighted by molar-refractivity contribution is 0.234. The normalized spacial score (nSPS) is 12.4. The molecule has 7 nitrogen and oxygen atoms in total. The van der Waals surface area contributed by atoms with Gasteiger partial charge in [-0.25, -0.2) is 4.79 Å². The fourth-order valence-corrected chi connectivity index (χ4v) is 1.63. The molecular weight excluding hydrogens is 260 g/mol. The summed E-state index contributed by atoms with van der Waals surface area (Å²) in [5, 5.41) is 18.1. The molecular formula is C13H24N4O3. The first-order valence-electron chi connectivity index (χ1n) is 7.00. The van der Waals surface area contributed by atoms with Crippen LogP contribution in [0.15, 0.2) is 4.52 Å². The van der Waals surface area contributed by atoms with Crippen molar-refractivity contribution in [2.75, 3.05) is 13.2 Å². The predicted octanol–water partition coefficient (Wildman–Crippen LogP) is 1.20. The Hall–Kier alpha value is -1.63. The van der Waals surface area contributed by atoms with E-state index in [9.17, 15) is 4.79 Å². The molecule has 0 bridgehead atoms. The lowest BCUT2D eigenvalue weighted by Crippen LogP contribution is -2.41. The van der Waals surface area contributed by atoms with E-state index in [1.54, 1.807) is 0 Å². The number of rotatable bonds is 8. The molecule has 1 aromatic heterocycles. The minimum absolute atomic E-state index is 0.0399. The molecule has 0 aliphatic carbocycles. The van der Waals surface area contributed by atoms with Crippen molar-refractivity contribution < 1.29 is 14.4 Å². The molecule has 1 atom stereocenters. The van der Waals surface area contributed by atoms with Crippen LogP contribution in [-0.4, -0.2) is 40.5 Å². The Bertz CT molecular complexity index is 406. The number of amides is 2. The van der Waals surface area contributed by atoms with E-state index in [0.29, 0.717) is 31.1 Å². The monoisotopic (exact) mass is 284 g/mol. The van der Waals surface area contributed by atoms with Gasteiger partial charge in [0.15, 0.2) is 5.82 Å². The highest BCUT2D eigenvalue weighted by molar-refractivity contribution is 5.74. The average molecular weight is 284 g/mol. The van der Waals surface area contributed by atoms with Crippen molar-refractivity contribution in [2.45, 2.75) is 52.0 Å². The SMILES string of the molecule is CC(CCCO)NC(=O)NCCc1nc(C(C)C)no1. The van der Waals surface area contributed by atoms with Gasteiger partial charge in [0, 0.05) is 31.5 Å². The summed E-state index contributed by atoms with van der Waals surface area (Å²) in [5.74, 6) is 1.44. The Morgan fingerprint density at radius 1 is 1.40 bits per heavy atom. The number of aromatic nitrogens is 2. The number of carbonyl (C=O) groups is 1. The first-order valence-corrected chi connectivity index (χ1v) is 7.00. The van der Waals surface area contributed by atoms with E-state index in [4.69, 9.17) is 9.63 Å². The predicted molar refractivity (Wildman–Crippen MR) is 74.4 cm³/mol. The largest absolute Gasteiger partial charge is 0.396 e. The Kier molecular flexibility index (Phi) is 7.00. The maximum atomic E-state index is 11.6. The van der Waals surface area contributed by atoms with Crippen molar-refractivity contribution in [3.63, 3.8) is 0 Å². The summed E-state index contributed by atoms with van der Waals surface area (Å²) >= 11 is 0. The van der Waals surface area contributed by atoms with Crippen molar-refractivity contribution in [1.29, 1.82) is 0 Å². The fourth-order valence-electron chi connectivity index (χ4n) is 1.63. The molecule has 0 fully saturated rings. The number of hydrogen-bond acceptors (Lipinski definition) is 5. The van der Waals surface area contributed by atoms with Gasteiger partial charge in [-0.05, 0) is 19.8 Å². The molecule has 0 aromatic carbocycles. The number of carbonyl (C=O) groups excluding carboxylic acids is 1. The summed E-state index contributed by atoms with van der Waals surface area (Å²) in [7, 11) is 0. The molecule has 1 aromatic rings. The molecule has 0 spiro atoms. The molecule has 0 saturated heterocycles. The maximum Gasteiger partial charge on any atom is 0.315 e. The van der Waals surface area contributed by atoms with Crippen LogP contribution in [0.5, 0.6) is 0 Å². The van der Waals surface area contributed by atoms with Crippen LogP contribution in [0.1, 0.15) is 51.2 Å². The summed E-state index contributed by atoms with van der Waals surface area (Å²) in [6.07, 6.45) is 1.95. The second kappa shape index (κ2) is 8.52. The molecule has 114 valence electrons. The minimum Gasteiger partial charge on any atom is -0.396 e. The van der Waals surface area contributed by atoms with Crippen LogP contribution in [0.25, 0.3) is 0 Å². The third-order valence-corrected chi connectivity index (χ3v) is 2.80. The molecule has 2 amide bonds. The van der Waals surface area contributed by atoms with Crippen LogP contribution < -0.4 is 10.6 Å². The van der Waals surface area contributed by atoms with Crippen molar-refractivity contribution in [3.05, 3.63) is 11.7 Å². The van der Waals surface area contributed by atoms with E-state index < -0.39 is 0 Å².